The molecule has 0 bridgehead atoms. The van der Waals surface area contributed by atoms with Crippen molar-refractivity contribution in [2.75, 3.05) is 65.4 Å². The molecule has 14 N–H and O–H groups in total. The topological polar surface area (TPSA) is 253 Å². The number of aliphatic imine (C=N–C) groups is 4. The van der Waals surface area contributed by atoms with Crippen LogP contribution in [0.2, 0.25) is 0 Å². The van der Waals surface area contributed by atoms with Gasteiger partial charge in [-0.1, -0.05) is 154 Å². The number of hydrogen-bond acceptors (Lipinski definition) is 5. The highest BCUT2D eigenvalue weighted by atomic mass is 16.2. The van der Waals surface area contributed by atoms with Gasteiger partial charge in [0.2, 0.25) is 0 Å². The van der Waals surface area contributed by atoms with Crippen molar-refractivity contribution in [1.82, 2.24) is 20.4 Å². The highest BCUT2D eigenvalue weighted by Gasteiger charge is 2.22. The van der Waals surface area contributed by atoms with E-state index in [4.69, 9.17) is 34.4 Å². The van der Waals surface area contributed by atoms with Crippen LogP contribution in [0.4, 0.5) is 4.79 Å². The summed E-state index contributed by atoms with van der Waals surface area (Å²) in [5.41, 5.74) is 33.9. The number of carbonyl (C=O) groups excluding carboxylic acids is 1. The van der Waals surface area contributed by atoms with Gasteiger partial charge in [0, 0.05) is 65.4 Å². The molecule has 2 amide bonds. The molecule has 2 fully saturated rings. The smallest absolute Gasteiger partial charge is 0.319 e. The second-order valence-corrected chi connectivity index (χ2v) is 20.4. The number of guanidine groups is 4. The molecule has 2 aliphatic rings. The van der Waals surface area contributed by atoms with Gasteiger partial charge in [0.05, 0.1) is 0 Å². The predicted octanol–water partition coefficient (Wildman–Crippen LogP) is 9.37. The van der Waals surface area contributed by atoms with Gasteiger partial charge in [-0.15, -0.1) is 0 Å². The van der Waals surface area contributed by atoms with Crippen LogP contribution in [-0.2, 0) is 0 Å². The molecule has 0 aromatic carbocycles. The number of carbonyl (C=O) groups is 1. The highest BCUT2D eigenvalue weighted by Crippen LogP contribution is 2.29. The fraction of sp³-hybridized carbons (Fsp3) is 0.906. The Morgan fingerprint density at radius 2 is 0.603 bits per heavy atom. The third-order valence-corrected chi connectivity index (χ3v) is 13.6. The van der Waals surface area contributed by atoms with Crippen LogP contribution in [0.15, 0.2) is 20.0 Å². The number of nitrogens with two attached hydrogens (primary N) is 6. The Morgan fingerprint density at radius 3 is 0.868 bits per heavy atom. The van der Waals surface area contributed by atoms with Crippen LogP contribution in [-0.4, -0.2) is 105 Å². The van der Waals surface area contributed by atoms with Crippen molar-refractivity contribution in [3.8, 4) is 0 Å². The summed E-state index contributed by atoms with van der Waals surface area (Å²) in [5, 5.41) is 6.57. The SMILES string of the molecule is NC(N)=NCCCCCCCCCCN(CCCCCCCCCCNC(N)=NCC1CC1)C(=O)N(CCCCCCCCCCN=C(N)N)CCCCCCCCCCNC(N)=NCC1CC1. The Morgan fingerprint density at radius 1 is 0.353 bits per heavy atom. The molecule has 0 aromatic rings. The molecule has 2 saturated carbocycles. The van der Waals surface area contributed by atoms with Crippen molar-refractivity contribution in [3.05, 3.63) is 0 Å². The summed E-state index contributed by atoms with van der Waals surface area (Å²) in [6, 6.07) is 0.283. The molecule has 0 spiro atoms. The lowest BCUT2D eigenvalue weighted by Crippen LogP contribution is -2.45. The first kappa shape index (κ1) is 60.5. The predicted molar refractivity (Wildman–Crippen MR) is 292 cm³/mol. The van der Waals surface area contributed by atoms with E-state index in [1.807, 2.05) is 0 Å². The summed E-state index contributed by atoms with van der Waals surface area (Å²) in [4.78, 5) is 36.1. The molecule has 2 rings (SSSR count). The average molecular weight is 958 g/mol. The van der Waals surface area contributed by atoms with Crippen LogP contribution < -0.4 is 45.0 Å². The van der Waals surface area contributed by atoms with Crippen LogP contribution in [0.25, 0.3) is 0 Å². The lowest BCUT2D eigenvalue weighted by molar-refractivity contribution is 0.148. The third-order valence-electron chi connectivity index (χ3n) is 13.6. The van der Waals surface area contributed by atoms with Gasteiger partial charge in [0.1, 0.15) is 0 Å². The van der Waals surface area contributed by atoms with Crippen molar-refractivity contribution >= 4 is 29.9 Å². The van der Waals surface area contributed by atoms with E-state index in [0.29, 0.717) is 11.9 Å². The highest BCUT2D eigenvalue weighted by molar-refractivity contribution is 5.78. The second-order valence-electron chi connectivity index (χ2n) is 20.4. The molecule has 396 valence electrons. The van der Waals surface area contributed by atoms with Gasteiger partial charge in [0.25, 0.3) is 0 Å². The Labute approximate surface area is 416 Å². The first-order valence-corrected chi connectivity index (χ1v) is 28.5. The maximum absolute atomic E-state index is 14.5. The van der Waals surface area contributed by atoms with Crippen molar-refractivity contribution in [2.45, 2.75) is 231 Å². The van der Waals surface area contributed by atoms with Gasteiger partial charge in [-0.05, 0) is 88.9 Å². The molecule has 0 radical (unpaired) electrons. The Hall–Kier alpha value is -3.65. The van der Waals surface area contributed by atoms with Gasteiger partial charge in [0.15, 0.2) is 23.8 Å². The van der Waals surface area contributed by atoms with E-state index < -0.39 is 0 Å². The molecule has 0 heterocycles. The minimum Gasteiger partial charge on any atom is -0.370 e. The molecule has 0 atom stereocenters. The number of unbranched alkanes of at least 4 members (excludes halogenated alkanes) is 28. The fourth-order valence-corrected chi connectivity index (χ4v) is 8.75. The largest absolute Gasteiger partial charge is 0.370 e. The number of rotatable bonds is 48. The van der Waals surface area contributed by atoms with E-state index in [1.165, 1.54) is 180 Å². The average Bonchev–Trinajstić information content (AvgIpc) is 4.27. The molecule has 0 unspecified atom stereocenters. The van der Waals surface area contributed by atoms with E-state index in [2.05, 4.69) is 40.4 Å². The van der Waals surface area contributed by atoms with Crippen molar-refractivity contribution in [3.63, 3.8) is 0 Å². The maximum Gasteiger partial charge on any atom is 0.319 e. The van der Waals surface area contributed by atoms with Crippen LogP contribution >= 0.6 is 0 Å². The molecular formula is C53H108N14O. The van der Waals surface area contributed by atoms with E-state index in [9.17, 15) is 4.79 Å². The zero-order valence-electron chi connectivity index (χ0n) is 43.7. The van der Waals surface area contributed by atoms with E-state index in [-0.39, 0.29) is 18.0 Å². The molecule has 0 aliphatic heterocycles. The summed E-state index contributed by atoms with van der Waals surface area (Å²) in [5.74, 6) is 3.14. The van der Waals surface area contributed by atoms with E-state index in [0.717, 1.165) is 129 Å². The molecule has 0 saturated heterocycles. The first-order chi connectivity index (χ1) is 33.2. The van der Waals surface area contributed by atoms with Crippen LogP contribution in [0, 0.1) is 11.8 Å². The molecule has 15 nitrogen and oxygen atoms in total. The quantitative estimate of drug-likeness (QED) is 0.0164. The Bertz CT molecular complexity index is 1210. The Kier molecular flexibility index (Phi) is 38.6. The maximum atomic E-state index is 14.5. The van der Waals surface area contributed by atoms with Gasteiger partial charge < -0.3 is 54.8 Å². The van der Waals surface area contributed by atoms with E-state index in [1.54, 1.807) is 0 Å². The van der Waals surface area contributed by atoms with Crippen LogP contribution in [0.5, 0.6) is 0 Å². The standard InChI is InChI=1S/C53H108N14O/c54-49(55)60-37-25-17-9-1-5-13-21-29-41-66(43-31-23-15-7-3-11-19-27-39-62-51(58)64-45-47-33-34-47)53(68)67(42-30-22-14-6-2-10-18-26-38-61-50(56)57)44-32-24-16-8-4-12-20-28-40-63-52(59)65-46-48-35-36-48/h47-48H,1-46H2,(H4,54,55,60)(H4,56,57,61)(H3,58,62,64)(H3,59,63,65). The summed E-state index contributed by atoms with van der Waals surface area (Å²) in [6.07, 6.45) is 43.5. The van der Waals surface area contributed by atoms with Gasteiger partial charge in [-0.2, -0.15) is 0 Å². The zero-order chi connectivity index (χ0) is 49.0. The lowest BCUT2D eigenvalue weighted by Gasteiger charge is -2.31. The molecule has 2 aliphatic carbocycles. The summed E-state index contributed by atoms with van der Waals surface area (Å²) in [7, 11) is 0. The normalized spacial score (nSPS) is 13.9. The number of hydrogen-bond donors (Lipinski definition) is 8. The lowest BCUT2D eigenvalue weighted by atomic mass is 10.1. The van der Waals surface area contributed by atoms with Gasteiger partial charge >= 0.3 is 6.03 Å². The summed E-state index contributed by atoms with van der Waals surface area (Å²) in [6.45, 7) is 8.54. The van der Waals surface area contributed by atoms with Gasteiger partial charge in [-0.25, -0.2) is 4.79 Å². The monoisotopic (exact) mass is 957 g/mol. The summed E-state index contributed by atoms with van der Waals surface area (Å²) >= 11 is 0. The molecule has 0 aromatic heterocycles. The van der Waals surface area contributed by atoms with Crippen molar-refractivity contribution in [2.24, 2.45) is 66.2 Å². The van der Waals surface area contributed by atoms with Crippen molar-refractivity contribution < 1.29 is 4.79 Å². The number of urea groups is 1. The number of nitrogens with zero attached hydrogens (tertiary/aromatic N) is 6. The second kappa shape index (κ2) is 43.4. The molecule has 68 heavy (non-hydrogen) atoms. The molecule has 15 heteroatoms. The molecular weight excluding hydrogens is 849 g/mol. The number of amides is 2. The van der Waals surface area contributed by atoms with Gasteiger partial charge in [-0.3, -0.25) is 20.0 Å². The summed E-state index contributed by atoms with van der Waals surface area (Å²) < 4.78 is 0. The first-order valence-electron chi connectivity index (χ1n) is 28.5. The fourth-order valence-electron chi connectivity index (χ4n) is 8.75. The number of nitrogens with one attached hydrogen (secondary N) is 2. The van der Waals surface area contributed by atoms with E-state index >= 15 is 0 Å². The minimum atomic E-state index is 0.187. The Balaban J connectivity index is 1.79. The zero-order valence-corrected chi connectivity index (χ0v) is 43.7. The van der Waals surface area contributed by atoms with Crippen LogP contribution in [0.3, 0.4) is 0 Å². The third kappa shape index (κ3) is 40.3. The van der Waals surface area contributed by atoms with Crippen molar-refractivity contribution in [1.29, 1.82) is 0 Å². The van der Waals surface area contributed by atoms with Crippen LogP contribution in [0.1, 0.15) is 231 Å². The minimum absolute atomic E-state index is 0.187.